The lowest BCUT2D eigenvalue weighted by atomic mass is 9.85. The number of rotatable bonds is 16. The number of aliphatic hydroxyl groups is 1. The average Bonchev–Trinajstić information content (AvgIpc) is 3.71. The SMILES string of the molecule is CC(C)CN(C[C@@H](O)[C@H](Cc1ccccc1)NC(=O)[C@@H](NC(=O)[C@@H](C)NC1(c2ccccc2)CC1)C(C)(C)C)S(=O)(=O)c1ccc2ncsc2c1. The van der Waals surface area contributed by atoms with Crippen LogP contribution >= 0.6 is 11.3 Å². The van der Waals surface area contributed by atoms with Crippen molar-refractivity contribution < 1.29 is 23.1 Å². The van der Waals surface area contributed by atoms with Crippen LogP contribution in [0.15, 0.2) is 89.3 Å². The highest BCUT2D eigenvalue weighted by Crippen LogP contribution is 2.45. The maximum Gasteiger partial charge on any atom is 0.243 e. The molecule has 4 aromatic rings. The van der Waals surface area contributed by atoms with Gasteiger partial charge < -0.3 is 15.7 Å². The smallest absolute Gasteiger partial charge is 0.243 e. The number of carbonyl (C=O) groups excluding carboxylic acids is 2. The van der Waals surface area contributed by atoms with Crippen LogP contribution in [-0.2, 0) is 31.6 Å². The van der Waals surface area contributed by atoms with Gasteiger partial charge in [-0.15, -0.1) is 11.3 Å². The molecule has 10 nitrogen and oxygen atoms in total. The molecule has 1 saturated carbocycles. The number of aromatic nitrogens is 1. The van der Waals surface area contributed by atoms with Crippen LogP contribution in [0.2, 0.25) is 0 Å². The first kappa shape index (κ1) is 38.5. The van der Waals surface area contributed by atoms with Crippen molar-refractivity contribution in [1.29, 1.82) is 0 Å². The summed E-state index contributed by atoms with van der Waals surface area (Å²) >= 11 is 1.36. The standard InChI is InChI=1S/C39H51N5O5S2/c1-26(2)23-44(51(48,49)30-17-18-31-34(22-30)50-25-40-31)24-33(45)32(21-28-13-9-7-10-14-28)41-37(47)35(38(4,5)6)42-36(46)27(3)43-39(19-20-39)29-15-11-8-12-16-29/h7-18,22,25-27,32-33,35,43,45H,19-21,23-24H2,1-6H3,(H,41,47)(H,42,46)/t27-,32+,33-,35-/m1/s1. The molecule has 1 aromatic heterocycles. The summed E-state index contributed by atoms with van der Waals surface area (Å²) in [7, 11) is -4.01. The van der Waals surface area contributed by atoms with Crippen molar-refractivity contribution in [3.8, 4) is 0 Å². The molecule has 4 N–H and O–H groups in total. The average molecular weight is 734 g/mol. The Morgan fingerprint density at radius 1 is 0.922 bits per heavy atom. The Morgan fingerprint density at radius 3 is 2.18 bits per heavy atom. The first-order chi connectivity index (χ1) is 24.1. The van der Waals surface area contributed by atoms with E-state index in [1.165, 1.54) is 21.7 Å². The predicted octanol–water partition coefficient (Wildman–Crippen LogP) is 5.23. The van der Waals surface area contributed by atoms with Gasteiger partial charge in [-0.3, -0.25) is 14.9 Å². The second-order valence-corrected chi connectivity index (χ2v) is 18.0. The zero-order chi connectivity index (χ0) is 37.0. The van der Waals surface area contributed by atoms with Gasteiger partial charge in [0.05, 0.1) is 38.8 Å². The fourth-order valence-corrected chi connectivity index (χ4v) is 8.84. The van der Waals surface area contributed by atoms with E-state index in [-0.39, 0.29) is 41.8 Å². The van der Waals surface area contributed by atoms with Crippen LogP contribution in [0.4, 0.5) is 0 Å². The minimum absolute atomic E-state index is 0.0333. The summed E-state index contributed by atoms with van der Waals surface area (Å²) in [4.78, 5) is 32.2. The molecular formula is C39H51N5O5S2. The Labute approximate surface area is 306 Å². The van der Waals surface area contributed by atoms with E-state index in [2.05, 4.69) is 33.1 Å². The number of benzene rings is 3. The Hall–Kier alpha value is -3.68. The first-order valence-electron chi connectivity index (χ1n) is 17.6. The number of thiazole rings is 1. The molecular weight excluding hydrogens is 683 g/mol. The molecule has 274 valence electrons. The molecule has 0 radical (unpaired) electrons. The van der Waals surface area contributed by atoms with Crippen LogP contribution in [0.1, 0.15) is 65.5 Å². The number of aliphatic hydroxyl groups excluding tert-OH is 1. The maximum absolute atomic E-state index is 14.2. The number of sulfonamides is 1. The lowest BCUT2D eigenvalue weighted by Crippen LogP contribution is -2.60. The lowest BCUT2D eigenvalue weighted by Gasteiger charge is -2.35. The summed E-state index contributed by atoms with van der Waals surface area (Å²) in [5.74, 6) is -0.797. The molecule has 1 aliphatic rings. The molecule has 12 heteroatoms. The predicted molar refractivity (Wildman–Crippen MR) is 203 cm³/mol. The van der Waals surface area contributed by atoms with E-state index in [4.69, 9.17) is 0 Å². The van der Waals surface area contributed by atoms with Crippen molar-refractivity contribution in [1.82, 2.24) is 25.2 Å². The third-order valence-electron chi connectivity index (χ3n) is 9.37. The fraction of sp³-hybridized carbons (Fsp3) is 0.462. The van der Waals surface area contributed by atoms with Gasteiger partial charge in [0.15, 0.2) is 0 Å². The number of hydrogen-bond donors (Lipinski definition) is 4. The number of amides is 2. The molecule has 3 aromatic carbocycles. The minimum Gasteiger partial charge on any atom is -0.390 e. The Kier molecular flexibility index (Phi) is 12.0. The van der Waals surface area contributed by atoms with Gasteiger partial charge >= 0.3 is 0 Å². The van der Waals surface area contributed by atoms with Crippen molar-refractivity contribution in [3.63, 3.8) is 0 Å². The highest BCUT2D eigenvalue weighted by atomic mass is 32.2. The van der Waals surface area contributed by atoms with Gasteiger partial charge in [0.25, 0.3) is 0 Å². The monoisotopic (exact) mass is 733 g/mol. The van der Waals surface area contributed by atoms with Gasteiger partial charge in [-0.2, -0.15) is 4.31 Å². The van der Waals surface area contributed by atoms with Gasteiger partial charge in [-0.05, 0) is 66.8 Å². The van der Waals surface area contributed by atoms with Crippen LogP contribution in [0.25, 0.3) is 10.2 Å². The number of fused-ring (bicyclic) bond motifs is 1. The van der Waals surface area contributed by atoms with E-state index in [1.54, 1.807) is 24.6 Å². The van der Waals surface area contributed by atoms with E-state index in [1.807, 2.05) is 83.1 Å². The van der Waals surface area contributed by atoms with E-state index < -0.39 is 45.6 Å². The molecule has 0 unspecified atom stereocenters. The molecule has 1 fully saturated rings. The normalized spacial score (nSPS) is 16.8. The van der Waals surface area contributed by atoms with Gasteiger partial charge in [-0.25, -0.2) is 13.4 Å². The van der Waals surface area contributed by atoms with Crippen LogP contribution in [-0.4, -0.2) is 71.9 Å². The number of hydrogen-bond acceptors (Lipinski definition) is 8. The van der Waals surface area contributed by atoms with E-state index >= 15 is 0 Å². The summed E-state index contributed by atoms with van der Waals surface area (Å²) < 4.78 is 30.1. The summed E-state index contributed by atoms with van der Waals surface area (Å²) in [5, 5.41) is 21.3. The molecule has 51 heavy (non-hydrogen) atoms. The summed E-state index contributed by atoms with van der Waals surface area (Å²) in [6, 6.07) is 22.0. The van der Waals surface area contributed by atoms with Crippen molar-refractivity contribution >= 4 is 43.4 Å². The van der Waals surface area contributed by atoms with Crippen molar-refractivity contribution in [3.05, 3.63) is 95.5 Å². The topological polar surface area (TPSA) is 141 Å². The van der Waals surface area contributed by atoms with Crippen molar-refractivity contribution in [2.45, 2.75) is 95.5 Å². The highest BCUT2D eigenvalue weighted by Gasteiger charge is 2.46. The van der Waals surface area contributed by atoms with E-state index in [0.717, 1.165) is 28.7 Å². The number of nitrogens with one attached hydrogen (secondary N) is 3. The lowest BCUT2D eigenvalue weighted by molar-refractivity contribution is -0.133. The third kappa shape index (κ3) is 9.61. The van der Waals surface area contributed by atoms with Crippen LogP contribution in [0, 0.1) is 11.3 Å². The quantitative estimate of drug-likeness (QED) is 0.124. The zero-order valence-electron chi connectivity index (χ0n) is 30.3. The fourth-order valence-electron chi connectivity index (χ4n) is 6.40. The molecule has 0 saturated heterocycles. The summed E-state index contributed by atoms with van der Waals surface area (Å²) in [6.45, 7) is 11.2. The van der Waals surface area contributed by atoms with E-state index in [9.17, 15) is 23.1 Å². The Bertz CT molecular complexity index is 1890. The van der Waals surface area contributed by atoms with Gasteiger partial charge in [-0.1, -0.05) is 95.3 Å². The van der Waals surface area contributed by atoms with Gasteiger partial charge in [0.1, 0.15) is 6.04 Å². The molecule has 4 atom stereocenters. The highest BCUT2D eigenvalue weighted by molar-refractivity contribution is 7.89. The van der Waals surface area contributed by atoms with Crippen molar-refractivity contribution in [2.75, 3.05) is 13.1 Å². The third-order valence-corrected chi connectivity index (χ3v) is 12.0. The second-order valence-electron chi connectivity index (χ2n) is 15.2. The van der Waals surface area contributed by atoms with Crippen LogP contribution in [0.5, 0.6) is 0 Å². The molecule has 1 heterocycles. The van der Waals surface area contributed by atoms with Crippen LogP contribution < -0.4 is 16.0 Å². The Morgan fingerprint density at radius 2 is 1.57 bits per heavy atom. The molecule has 0 aliphatic heterocycles. The number of nitrogens with zero attached hydrogens (tertiary/aromatic N) is 2. The molecule has 0 spiro atoms. The number of carbonyl (C=O) groups is 2. The Balaban J connectivity index is 1.35. The van der Waals surface area contributed by atoms with E-state index in [0.29, 0.717) is 5.52 Å². The molecule has 1 aliphatic carbocycles. The largest absolute Gasteiger partial charge is 0.390 e. The minimum atomic E-state index is -4.01. The zero-order valence-corrected chi connectivity index (χ0v) is 31.9. The first-order valence-corrected chi connectivity index (χ1v) is 19.9. The summed E-state index contributed by atoms with van der Waals surface area (Å²) in [6.07, 6.45) is 0.811. The van der Waals surface area contributed by atoms with Crippen molar-refractivity contribution in [2.24, 2.45) is 11.3 Å². The molecule has 0 bridgehead atoms. The maximum atomic E-state index is 14.2. The molecule has 2 amide bonds. The summed E-state index contributed by atoms with van der Waals surface area (Å²) in [5.41, 5.74) is 3.43. The van der Waals surface area contributed by atoms with Gasteiger partial charge in [0, 0.05) is 18.6 Å². The van der Waals surface area contributed by atoms with Crippen LogP contribution in [0.3, 0.4) is 0 Å². The van der Waals surface area contributed by atoms with Gasteiger partial charge in [0.2, 0.25) is 21.8 Å². The second kappa shape index (κ2) is 15.9. The molecule has 5 rings (SSSR count).